The van der Waals surface area contributed by atoms with Crippen LogP contribution in [-0.2, 0) is 19.1 Å². The van der Waals surface area contributed by atoms with Gasteiger partial charge in [0.25, 0.3) is 6.43 Å². The highest BCUT2D eigenvalue weighted by atomic mass is 79.9. The molecular formula is C9H14BrF2NO4. The average Bonchev–Trinajstić information content (AvgIpc) is 2.30. The first kappa shape index (κ1) is 16.2. The monoisotopic (exact) mass is 317 g/mol. The van der Waals surface area contributed by atoms with Gasteiger partial charge in [-0.15, -0.1) is 0 Å². The van der Waals surface area contributed by atoms with Gasteiger partial charge in [0.2, 0.25) is 5.91 Å². The van der Waals surface area contributed by atoms with E-state index in [0.29, 0.717) is 0 Å². The standard InChI is InChI=1S/C9H14BrF2NO4/c1-16-9(15)6(10)4-13-8(14)2-3-17-5-7(11)12/h6-7H,2-5H2,1H3,(H,13,14). The van der Waals surface area contributed by atoms with Crippen LogP contribution in [0.2, 0.25) is 0 Å². The molecule has 0 saturated heterocycles. The molecule has 17 heavy (non-hydrogen) atoms. The van der Waals surface area contributed by atoms with E-state index in [4.69, 9.17) is 0 Å². The molecule has 0 bridgehead atoms. The Morgan fingerprint density at radius 3 is 2.59 bits per heavy atom. The van der Waals surface area contributed by atoms with Gasteiger partial charge < -0.3 is 14.8 Å². The lowest BCUT2D eigenvalue weighted by atomic mass is 10.4. The summed E-state index contributed by atoms with van der Waals surface area (Å²) in [6.07, 6.45) is -2.57. The molecule has 1 amide bonds. The normalized spacial score (nSPS) is 12.3. The molecule has 1 N–H and O–H groups in total. The molecule has 0 aromatic heterocycles. The zero-order valence-electron chi connectivity index (χ0n) is 9.25. The quantitative estimate of drug-likeness (QED) is 0.407. The summed E-state index contributed by atoms with van der Waals surface area (Å²) in [5, 5.41) is 2.43. The fourth-order valence-corrected chi connectivity index (χ4v) is 1.19. The van der Waals surface area contributed by atoms with E-state index in [1.165, 1.54) is 7.11 Å². The second-order valence-corrected chi connectivity index (χ2v) is 4.12. The van der Waals surface area contributed by atoms with Crippen LogP contribution in [0, 0.1) is 0 Å². The minimum Gasteiger partial charge on any atom is -0.468 e. The molecule has 1 unspecified atom stereocenters. The van der Waals surface area contributed by atoms with Crippen molar-refractivity contribution in [3.05, 3.63) is 0 Å². The summed E-state index contributed by atoms with van der Waals surface area (Å²) in [6, 6.07) is 0. The van der Waals surface area contributed by atoms with E-state index >= 15 is 0 Å². The van der Waals surface area contributed by atoms with Crippen LogP contribution in [0.25, 0.3) is 0 Å². The topological polar surface area (TPSA) is 64.6 Å². The molecule has 0 fully saturated rings. The van der Waals surface area contributed by atoms with Crippen molar-refractivity contribution in [1.29, 1.82) is 0 Å². The number of amides is 1. The molecule has 8 heteroatoms. The molecule has 0 aromatic rings. The van der Waals surface area contributed by atoms with Crippen molar-refractivity contribution >= 4 is 27.8 Å². The van der Waals surface area contributed by atoms with Gasteiger partial charge in [-0.25, -0.2) is 8.78 Å². The van der Waals surface area contributed by atoms with E-state index in [-0.39, 0.29) is 25.5 Å². The highest BCUT2D eigenvalue weighted by molar-refractivity contribution is 9.10. The second kappa shape index (κ2) is 9.29. The summed E-state index contributed by atoms with van der Waals surface area (Å²) in [6.45, 7) is -0.696. The van der Waals surface area contributed by atoms with Crippen molar-refractivity contribution in [3.8, 4) is 0 Å². The van der Waals surface area contributed by atoms with Gasteiger partial charge in [0.15, 0.2) is 0 Å². The lowest BCUT2D eigenvalue weighted by Gasteiger charge is -2.09. The summed E-state index contributed by atoms with van der Waals surface area (Å²) in [4.78, 5) is 21.5. The molecule has 0 rings (SSSR count). The molecule has 5 nitrogen and oxygen atoms in total. The molecule has 100 valence electrons. The van der Waals surface area contributed by atoms with Gasteiger partial charge in [0.05, 0.1) is 13.7 Å². The maximum Gasteiger partial charge on any atom is 0.321 e. The first-order chi connectivity index (χ1) is 7.97. The Labute approximate surface area is 106 Å². The predicted octanol–water partition coefficient (Wildman–Crippen LogP) is 0.711. The molecular weight excluding hydrogens is 304 g/mol. The Hall–Kier alpha value is -0.760. The van der Waals surface area contributed by atoms with Gasteiger partial charge in [0.1, 0.15) is 11.4 Å². The maximum atomic E-state index is 11.7. The highest BCUT2D eigenvalue weighted by Crippen LogP contribution is 2.00. The van der Waals surface area contributed by atoms with E-state index in [0.717, 1.165) is 0 Å². The third kappa shape index (κ3) is 8.99. The lowest BCUT2D eigenvalue weighted by molar-refractivity contribution is -0.139. The molecule has 0 saturated carbocycles. The molecule has 0 spiro atoms. The third-order valence-electron chi connectivity index (χ3n) is 1.65. The number of halogens is 3. The molecule has 0 aromatic carbocycles. The summed E-state index contributed by atoms with van der Waals surface area (Å²) in [5.74, 6) is -0.883. The molecule has 0 aliphatic rings. The molecule has 0 aliphatic carbocycles. The fraction of sp³-hybridized carbons (Fsp3) is 0.778. The number of carbonyl (C=O) groups excluding carboxylic acids is 2. The molecule has 0 aliphatic heterocycles. The van der Waals surface area contributed by atoms with Crippen LogP contribution >= 0.6 is 15.9 Å². The predicted molar refractivity (Wildman–Crippen MR) is 59.2 cm³/mol. The molecule has 0 heterocycles. The molecule has 1 atom stereocenters. The van der Waals surface area contributed by atoms with Crippen molar-refractivity contribution in [1.82, 2.24) is 5.32 Å². The van der Waals surface area contributed by atoms with Crippen LogP contribution in [-0.4, -0.2) is 50.0 Å². The number of ether oxygens (including phenoxy) is 2. The summed E-state index contributed by atoms with van der Waals surface area (Å²) in [5.41, 5.74) is 0. The van der Waals surface area contributed by atoms with Gasteiger partial charge in [-0.2, -0.15) is 0 Å². The number of rotatable bonds is 8. The Morgan fingerprint density at radius 1 is 1.41 bits per heavy atom. The minimum atomic E-state index is -2.54. The number of esters is 1. The first-order valence-corrected chi connectivity index (χ1v) is 5.73. The smallest absolute Gasteiger partial charge is 0.321 e. The van der Waals surface area contributed by atoms with E-state index in [2.05, 4.69) is 30.7 Å². The number of methoxy groups -OCH3 is 1. The van der Waals surface area contributed by atoms with E-state index in [1.54, 1.807) is 0 Å². The van der Waals surface area contributed by atoms with Crippen LogP contribution < -0.4 is 5.32 Å². The van der Waals surface area contributed by atoms with Gasteiger partial charge in [0, 0.05) is 13.0 Å². The average molecular weight is 318 g/mol. The van der Waals surface area contributed by atoms with E-state index < -0.39 is 23.8 Å². The van der Waals surface area contributed by atoms with E-state index in [9.17, 15) is 18.4 Å². The van der Waals surface area contributed by atoms with Crippen LogP contribution in [0.3, 0.4) is 0 Å². The first-order valence-electron chi connectivity index (χ1n) is 4.81. The Kier molecular flexibility index (Phi) is 8.87. The molecule has 0 radical (unpaired) electrons. The van der Waals surface area contributed by atoms with Gasteiger partial charge in [-0.05, 0) is 0 Å². The third-order valence-corrected chi connectivity index (χ3v) is 2.35. The Morgan fingerprint density at radius 2 is 2.06 bits per heavy atom. The Balaban J connectivity index is 3.56. The largest absolute Gasteiger partial charge is 0.468 e. The SMILES string of the molecule is COC(=O)C(Br)CNC(=O)CCOCC(F)F. The number of alkyl halides is 3. The van der Waals surface area contributed by atoms with Crippen molar-refractivity contribution in [2.45, 2.75) is 17.7 Å². The van der Waals surface area contributed by atoms with Crippen molar-refractivity contribution in [2.24, 2.45) is 0 Å². The number of carbonyl (C=O) groups is 2. The van der Waals surface area contributed by atoms with Crippen LogP contribution in [0.4, 0.5) is 8.78 Å². The number of hydrogen-bond acceptors (Lipinski definition) is 4. The number of hydrogen-bond donors (Lipinski definition) is 1. The maximum absolute atomic E-state index is 11.7. The summed E-state index contributed by atoms with van der Waals surface area (Å²) < 4.78 is 32.3. The summed E-state index contributed by atoms with van der Waals surface area (Å²) in [7, 11) is 1.23. The van der Waals surface area contributed by atoms with Crippen LogP contribution in [0.5, 0.6) is 0 Å². The van der Waals surface area contributed by atoms with Crippen molar-refractivity contribution < 1.29 is 27.8 Å². The van der Waals surface area contributed by atoms with E-state index in [1.807, 2.05) is 0 Å². The van der Waals surface area contributed by atoms with Gasteiger partial charge in [-0.1, -0.05) is 15.9 Å². The van der Waals surface area contributed by atoms with Crippen molar-refractivity contribution in [2.75, 3.05) is 26.9 Å². The van der Waals surface area contributed by atoms with Crippen molar-refractivity contribution in [3.63, 3.8) is 0 Å². The van der Waals surface area contributed by atoms with Crippen LogP contribution in [0.15, 0.2) is 0 Å². The Bertz CT molecular complexity index is 253. The van der Waals surface area contributed by atoms with Gasteiger partial charge >= 0.3 is 5.97 Å². The number of nitrogens with one attached hydrogen (secondary N) is 1. The van der Waals surface area contributed by atoms with Gasteiger partial charge in [-0.3, -0.25) is 9.59 Å². The zero-order chi connectivity index (χ0) is 13.3. The highest BCUT2D eigenvalue weighted by Gasteiger charge is 2.15. The lowest BCUT2D eigenvalue weighted by Crippen LogP contribution is -2.34. The zero-order valence-corrected chi connectivity index (χ0v) is 10.8. The van der Waals surface area contributed by atoms with Crippen LogP contribution in [0.1, 0.15) is 6.42 Å². The fourth-order valence-electron chi connectivity index (χ4n) is 0.840. The summed E-state index contributed by atoms with van der Waals surface area (Å²) >= 11 is 3.01. The minimum absolute atomic E-state index is 0.0341. The second-order valence-electron chi connectivity index (χ2n) is 3.01.